The lowest BCUT2D eigenvalue weighted by molar-refractivity contribution is 0.631. The number of halogens is 4. The maximum absolute atomic E-state index is 6.34. The van der Waals surface area contributed by atoms with Crippen LogP contribution in [-0.4, -0.2) is 6.54 Å². The van der Waals surface area contributed by atoms with E-state index in [0.29, 0.717) is 15.1 Å². The van der Waals surface area contributed by atoms with Gasteiger partial charge in [0.1, 0.15) is 0 Å². The maximum Gasteiger partial charge on any atom is 0.0643 e. The number of nitrogens with one attached hydrogen (secondary N) is 1. The van der Waals surface area contributed by atoms with Crippen molar-refractivity contribution in [3.63, 3.8) is 0 Å². The number of rotatable bonds is 4. The first-order valence-corrected chi connectivity index (χ1v) is 8.09. The Hall–Kier alpha value is -0.250. The number of hydrogen-bond acceptors (Lipinski definition) is 1. The molecule has 1 atom stereocenters. The highest BCUT2D eigenvalue weighted by Crippen LogP contribution is 2.36. The van der Waals surface area contributed by atoms with E-state index in [1.165, 1.54) is 0 Å². The fourth-order valence-electron chi connectivity index (χ4n) is 2.07. The van der Waals surface area contributed by atoms with Gasteiger partial charge in [-0.3, -0.25) is 0 Å². The van der Waals surface area contributed by atoms with Gasteiger partial charge in [0, 0.05) is 9.50 Å². The summed E-state index contributed by atoms with van der Waals surface area (Å²) >= 11 is 22.3. The second-order valence-corrected chi connectivity index (χ2v) is 6.41. The van der Waals surface area contributed by atoms with Crippen LogP contribution in [0.4, 0.5) is 0 Å². The van der Waals surface area contributed by atoms with Gasteiger partial charge in [-0.1, -0.05) is 69.8 Å². The summed E-state index contributed by atoms with van der Waals surface area (Å²) in [7, 11) is 0. The van der Waals surface area contributed by atoms with Crippen molar-refractivity contribution in [2.45, 2.75) is 13.0 Å². The van der Waals surface area contributed by atoms with Gasteiger partial charge in [0.05, 0.1) is 16.1 Å². The molecule has 0 spiro atoms. The van der Waals surface area contributed by atoms with E-state index in [1.54, 1.807) is 6.07 Å². The molecular formula is C15H13BrCl3N. The van der Waals surface area contributed by atoms with E-state index < -0.39 is 0 Å². The van der Waals surface area contributed by atoms with Crippen LogP contribution in [0.1, 0.15) is 24.1 Å². The van der Waals surface area contributed by atoms with Crippen LogP contribution < -0.4 is 5.32 Å². The predicted octanol–water partition coefficient (Wildman–Crippen LogP) is 6.11. The zero-order valence-electron chi connectivity index (χ0n) is 10.8. The Balaban J connectivity index is 2.56. The Morgan fingerprint density at radius 2 is 1.80 bits per heavy atom. The molecule has 0 aliphatic heterocycles. The Labute approximate surface area is 142 Å². The lowest BCUT2D eigenvalue weighted by Gasteiger charge is -2.22. The van der Waals surface area contributed by atoms with E-state index in [4.69, 9.17) is 34.8 Å². The third-order valence-corrected chi connectivity index (χ3v) is 4.64. The van der Waals surface area contributed by atoms with Gasteiger partial charge >= 0.3 is 0 Å². The minimum Gasteiger partial charge on any atom is -0.306 e. The van der Waals surface area contributed by atoms with Crippen LogP contribution >= 0.6 is 50.7 Å². The Kier molecular flexibility index (Phi) is 5.76. The molecule has 5 heteroatoms. The molecule has 2 aromatic carbocycles. The fraction of sp³-hybridized carbons (Fsp3) is 0.200. The third kappa shape index (κ3) is 3.49. The molecule has 20 heavy (non-hydrogen) atoms. The maximum atomic E-state index is 6.34. The van der Waals surface area contributed by atoms with Gasteiger partial charge in [0.15, 0.2) is 0 Å². The van der Waals surface area contributed by atoms with E-state index in [-0.39, 0.29) is 6.04 Å². The lowest BCUT2D eigenvalue weighted by atomic mass is 9.98. The first-order chi connectivity index (χ1) is 9.54. The Bertz CT molecular complexity index is 614. The van der Waals surface area contributed by atoms with E-state index in [9.17, 15) is 0 Å². The minimum atomic E-state index is -0.101. The molecule has 0 aliphatic carbocycles. The fourth-order valence-corrected chi connectivity index (χ4v) is 3.09. The van der Waals surface area contributed by atoms with Crippen LogP contribution in [0, 0.1) is 0 Å². The van der Waals surface area contributed by atoms with E-state index in [2.05, 4.69) is 21.2 Å². The standard InChI is InChI=1S/C15H13BrCl3N/c1-2-20-15(10-4-3-5-13(18)14(10)19)11-8-9(16)6-7-12(11)17/h3-8,15,20H,2H2,1H3. The van der Waals surface area contributed by atoms with Crippen LogP contribution in [0.3, 0.4) is 0 Å². The Morgan fingerprint density at radius 1 is 1.05 bits per heavy atom. The smallest absolute Gasteiger partial charge is 0.0643 e. The van der Waals surface area contributed by atoms with Crippen molar-refractivity contribution in [2.75, 3.05) is 6.54 Å². The second-order valence-electron chi connectivity index (χ2n) is 4.30. The highest BCUT2D eigenvalue weighted by atomic mass is 79.9. The molecule has 1 unspecified atom stereocenters. The largest absolute Gasteiger partial charge is 0.306 e. The van der Waals surface area contributed by atoms with Crippen LogP contribution in [-0.2, 0) is 0 Å². The van der Waals surface area contributed by atoms with Gasteiger partial charge in [-0.25, -0.2) is 0 Å². The topological polar surface area (TPSA) is 12.0 Å². The van der Waals surface area contributed by atoms with Gasteiger partial charge in [-0.2, -0.15) is 0 Å². The number of hydrogen-bond donors (Lipinski definition) is 1. The molecule has 0 bridgehead atoms. The van der Waals surface area contributed by atoms with Gasteiger partial charge in [-0.15, -0.1) is 0 Å². The minimum absolute atomic E-state index is 0.101. The number of benzene rings is 2. The highest BCUT2D eigenvalue weighted by Gasteiger charge is 2.20. The summed E-state index contributed by atoms with van der Waals surface area (Å²) in [5.41, 5.74) is 1.88. The van der Waals surface area contributed by atoms with E-state index >= 15 is 0 Å². The van der Waals surface area contributed by atoms with Crippen molar-refractivity contribution < 1.29 is 0 Å². The lowest BCUT2D eigenvalue weighted by Crippen LogP contribution is -2.22. The van der Waals surface area contributed by atoms with Crippen LogP contribution in [0.25, 0.3) is 0 Å². The summed E-state index contributed by atoms with van der Waals surface area (Å²) in [5, 5.41) is 5.18. The monoisotopic (exact) mass is 391 g/mol. The molecule has 0 saturated heterocycles. The van der Waals surface area contributed by atoms with Crippen molar-refractivity contribution in [1.82, 2.24) is 5.32 Å². The van der Waals surface area contributed by atoms with Crippen molar-refractivity contribution in [3.8, 4) is 0 Å². The average molecular weight is 394 g/mol. The summed E-state index contributed by atoms with van der Waals surface area (Å²) in [6.07, 6.45) is 0. The molecule has 2 rings (SSSR count). The van der Waals surface area contributed by atoms with Crippen molar-refractivity contribution in [2.24, 2.45) is 0 Å². The van der Waals surface area contributed by atoms with Crippen molar-refractivity contribution >= 4 is 50.7 Å². The molecule has 1 N–H and O–H groups in total. The highest BCUT2D eigenvalue weighted by molar-refractivity contribution is 9.10. The molecule has 106 valence electrons. The zero-order chi connectivity index (χ0) is 14.7. The zero-order valence-corrected chi connectivity index (χ0v) is 14.6. The molecule has 0 saturated carbocycles. The molecule has 0 fully saturated rings. The molecule has 1 nitrogen and oxygen atoms in total. The normalized spacial score (nSPS) is 12.4. The summed E-state index contributed by atoms with van der Waals surface area (Å²) in [5.74, 6) is 0. The van der Waals surface area contributed by atoms with Crippen LogP contribution in [0.15, 0.2) is 40.9 Å². The van der Waals surface area contributed by atoms with Crippen LogP contribution in [0.5, 0.6) is 0 Å². The molecule has 0 aliphatic rings. The van der Waals surface area contributed by atoms with Gasteiger partial charge in [-0.05, 0) is 41.9 Å². The molecule has 0 amide bonds. The third-order valence-electron chi connectivity index (χ3n) is 2.97. The molecule has 2 aromatic rings. The SMILES string of the molecule is CCNC(c1cc(Br)ccc1Cl)c1cccc(Cl)c1Cl. The molecule has 0 aromatic heterocycles. The summed E-state index contributed by atoms with van der Waals surface area (Å²) in [6, 6.07) is 11.3. The van der Waals surface area contributed by atoms with Crippen LogP contribution in [0.2, 0.25) is 15.1 Å². The first kappa shape index (κ1) is 16.1. The van der Waals surface area contributed by atoms with Gasteiger partial charge in [0.25, 0.3) is 0 Å². The molecule has 0 heterocycles. The van der Waals surface area contributed by atoms with Gasteiger partial charge in [0.2, 0.25) is 0 Å². The quantitative estimate of drug-likeness (QED) is 0.661. The molecular weight excluding hydrogens is 380 g/mol. The Morgan fingerprint density at radius 3 is 2.50 bits per heavy atom. The first-order valence-electron chi connectivity index (χ1n) is 6.16. The van der Waals surface area contributed by atoms with Crippen molar-refractivity contribution in [1.29, 1.82) is 0 Å². The summed E-state index contributed by atoms with van der Waals surface area (Å²) in [4.78, 5) is 0. The predicted molar refractivity (Wildman–Crippen MR) is 91.1 cm³/mol. The van der Waals surface area contributed by atoms with Crippen molar-refractivity contribution in [3.05, 3.63) is 67.1 Å². The second kappa shape index (κ2) is 7.15. The van der Waals surface area contributed by atoms with E-state index in [1.807, 2.05) is 37.3 Å². The summed E-state index contributed by atoms with van der Waals surface area (Å²) in [6.45, 7) is 2.83. The average Bonchev–Trinajstić information content (AvgIpc) is 2.43. The van der Waals surface area contributed by atoms with Gasteiger partial charge < -0.3 is 5.32 Å². The molecule has 0 radical (unpaired) electrons. The summed E-state index contributed by atoms with van der Waals surface area (Å²) < 4.78 is 0.970. The van der Waals surface area contributed by atoms with E-state index in [0.717, 1.165) is 22.1 Å².